The van der Waals surface area contributed by atoms with Crippen molar-refractivity contribution in [2.24, 2.45) is 0 Å². The minimum atomic E-state index is 0.226. The summed E-state index contributed by atoms with van der Waals surface area (Å²) in [5.41, 5.74) is 5.02. The first-order valence-corrected chi connectivity index (χ1v) is 7.98. The summed E-state index contributed by atoms with van der Waals surface area (Å²) in [6.45, 7) is 7.72. The molecule has 0 fully saturated rings. The Morgan fingerprint density at radius 3 is 2.32 bits per heavy atom. The van der Waals surface area contributed by atoms with Crippen LogP contribution in [0.15, 0.2) is 48.5 Å². The van der Waals surface area contributed by atoms with Gasteiger partial charge in [-0.25, -0.2) is 0 Å². The number of aryl methyl sites for hydroxylation is 3. The zero-order valence-electron chi connectivity index (χ0n) is 13.8. The minimum absolute atomic E-state index is 0.226. The molecule has 0 aliphatic rings. The molecule has 2 rings (SSSR count). The molecule has 2 aromatic rings. The molecule has 0 saturated heterocycles. The van der Waals surface area contributed by atoms with E-state index >= 15 is 0 Å². The van der Waals surface area contributed by atoms with Crippen molar-refractivity contribution in [3.05, 3.63) is 70.8 Å². The molecule has 2 heteroatoms. The van der Waals surface area contributed by atoms with Gasteiger partial charge in [-0.3, -0.25) is 4.79 Å². The van der Waals surface area contributed by atoms with E-state index in [0.29, 0.717) is 13.0 Å². The molecule has 0 radical (unpaired) electrons. The van der Waals surface area contributed by atoms with E-state index in [2.05, 4.69) is 44.2 Å². The molecule has 0 aliphatic carbocycles. The molecule has 2 nitrogen and oxygen atoms in total. The third kappa shape index (κ3) is 4.45. The number of benzene rings is 2. The lowest BCUT2D eigenvalue weighted by atomic mass is 10.0. The van der Waals surface area contributed by atoms with Crippen molar-refractivity contribution in [3.63, 3.8) is 0 Å². The van der Waals surface area contributed by atoms with Gasteiger partial charge in [-0.15, -0.1) is 0 Å². The standard InChI is InChI=1S/C20H25NO/c1-4-21(15-19-8-6-5-7-9-19)20(22)13-12-18-11-10-16(2)17(3)14-18/h5-11,14H,4,12-13,15H2,1-3H3. The minimum Gasteiger partial charge on any atom is -0.339 e. The number of hydrogen-bond acceptors (Lipinski definition) is 1. The maximum atomic E-state index is 12.4. The Labute approximate surface area is 133 Å². The maximum absolute atomic E-state index is 12.4. The highest BCUT2D eigenvalue weighted by Gasteiger charge is 2.12. The first kappa shape index (κ1) is 16.3. The first-order valence-electron chi connectivity index (χ1n) is 7.98. The van der Waals surface area contributed by atoms with Gasteiger partial charge in [0.1, 0.15) is 0 Å². The highest BCUT2D eigenvalue weighted by molar-refractivity contribution is 5.76. The monoisotopic (exact) mass is 295 g/mol. The SMILES string of the molecule is CCN(Cc1ccccc1)C(=O)CCc1ccc(C)c(C)c1. The van der Waals surface area contributed by atoms with Gasteiger partial charge in [-0.2, -0.15) is 0 Å². The van der Waals surface area contributed by atoms with E-state index in [4.69, 9.17) is 0 Å². The topological polar surface area (TPSA) is 20.3 Å². The molecule has 116 valence electrons. The molecule has 0 spiro atoms. The Bertz CT molecular complexity index is 619. The molecule has 0 saturated carbocycles. The molecule has 0 atom stereocenters. The second-order valence-electron chi connectivity index (χ2n) is 5.81. The van der Waals surface area contributed by atoms with E-state index in [-0.39, 0.29) is 5.91 Å². The molecule has 0 bridgehead atoms. The molecular weight excluding hydrogens is 270 g/mol. The average Bonchev–Trinajstić information content (AvgIpc) is 2.54. The number of rotatable bonds is 6. The molecule has 0 aromatic heterocycles. The van der Waals surface area contributed by atoms with Crippen molar-refractivity contribution in [2.45, 2.75) is 40.2 Å². The molecule has 0 aliphatic heterocycles. The van der Waals surface area contributed by atoms with Gasteiger partial charge >= 0.3 is 0 Å². The second-order valence-corrected chi connectivity index (χ2v) is 5.81. The van der Waals surface area contributed by atoms with Crippen molar-refractivity contribution in [1.29, 1.82) is 0 Å². The zero-order valence-corrected chi connectivity index (χ0v) is 13.8. The van der Waals surface area contributed by atoms with Crippen molar-refractivity contribution in [2.75, 3.05) is 6.54 Å². The summed E-state index contributed by atoms with van der Waals surface area (Å²) < 4.78 is 0. The van der Waals surface area contributed by atoms with E-state index in [1.165, 1.54) is 22.3 Å². The van der Waals surface area contributed by atoms with Crippen LogP contribution in [0.3, 0.4) is 0 Å². The molecule has 0 N–H and O–H groups in total. The van der Waals surface area contributed by atoms with Crippen LogP contribution in [0.2, 0.25) is 0 Å². The smallest absolute Gasteiger partial charge is 0.223 e. The fourth-order valence-corrected chi connectivity index (χ4v) is 2.55. The van der Waals surface area contributed by atoms with Crippen molar-refractivity contribution < 1.29 is 4.79 Å². The van der Waals surface area contributed by atoms with Crippen LogP contribution in [0.5, 0.6) is 0 Å². The zero-order chi connectivity index (χ0) is 15.9. The van der Waals surface area contributed by atoms with Crippen LogP contribution in [0, 0.1) is 13.8 Å². The number of nitrogens with zero attached hydrogens (tertiary/aromatic N) is 1. The number of carbonyl (C=O) groups excluding carboxylic acids is 1. The Morgan fingerprint density at radius 1 is 0.955 bits per heavy atom. The van der Waals surface area contributed by atoms with Gasteiger partial charge in [0.25, 0.3) is 0 Å². The van der Waals surface area contributed by atoms with Gasteiger partial charge in [-0.1, -0.05) is 48.5 Å². The van der Waals surface area contributed by atoms with Gasteiger partial charge < -0.3 is 4.90 Å². The van der Waals surface area contributed by atoms with Crippen LogP contribution in [-0.4, -0.2) is 17.4 Å². The van der Waals surface area contributed by atoms with E-state index < -0.39 is 0 Å². The highest BCUT2D eigenvalue weighted by atomic mass is 16.2. The third-order valence-corrected chi connectivity index (χ3v) is 4.15. The summed E-state index contributed by atoms with van der Waals surface area (Å²) in [6.07, 6.45) is 1.38. The van der Waals surface area contributed by atoms with Crippen LogP contribution in [-0.2, 0) is 17.8 Å². The Hall–Kier alpha value is -2.09. The predicted octanol–water partition coefficient (Wildman–Crippen LogP) is 4.28. The summed E-state index contributed by atoms with van der Waals surface area (Å²) in [5.74, 6) is 0.226. The Balaban J connectivity index is 1.93. The summed E-state index contributed by atoms with van der Waals surface area (Å²) >= 11 is 0. The summed E-state index contributed by atoms with van der Waals surface area (Å²) in [6, 6.07) is 16.6. The quantitative estimate of drug-likeness (QED) is 0.778. The number of amides is 1. The molecule has 0 unspecified atom stereocenters. The Kier molecular flexibility index (Phi) is 5.76. The molecule has 22 heavy (non-hydrogen) atoms. The van der Waals surface area contributed by atoms with E-state index in [9.17, 15) is 4.79 Å². The molecule has 1 amide bonds. The Morgan fingerprint density at radius 2 is 1.68 bits per heavy atom. The van der Waals surface area contributed by atoms with Crippen molar-refractivity contribution >= 4 is 5.91 Å². The highest BCUT2D eigenvalue weighted by Crippen LogP contribution is 2.13. The number of hydrogen-bond donors (Lipinski definition) is 0. The van der Waals surface area contributed by atoms with Gasteiger partial charge in [-0.05, 0) is 49.4 Å². The normalized spacial score (nSPS) is 10.5. The summed E-state index contributed by atoms with van der Waals surface area (Å²) in [4.78, 5) is 14.4. The van der Waals surface area contributed by atoms with E-state index in [1.54, 1.807) is 0 Å². The summed E-state index contributed by atoms with van der Waals surface area (Å²) in [5, 5.41) is 0. The second kappa shape index (κ2) is 7.79. The fraction of sp³-hybridized carbons (Fsp3) is 0.350. The molecular formula is C20H25NO. The van der Waals surface area contributed by atoms with Crippen molar-refractivity contribution in [3.8, 4) is 0 Å². The van der Waals surface area contributed by atoms with Crippen LogP contribution in [0.4, 0.5) is 0 Å². The lowest BCUT2D eigenvalue weighted by molar-refractivity contribution is -0.131. The van der Waals surface area contributed by atoms with E-state index in [1.807, 2.05) is 30.0 Å². The largest absolute Gasteiger partial charge is 0.339 e. The van der Waals surface area contributed by atoms with Gasteiger partial charge in [0, 0.05) is 19.5 Å². The van der Waals surface area contributed by atoms with Crippen molar-refractivity contribution in [1.82, 2.24) is 4.90 Å². The van der Waals surface area contributed by atoms with Gasteiger partial charge in [0.05, 0.1) is 0 Å². The predicted molar refractivity (Wildman–Crippen MR) is 91.8 cm³/mol. The van der Waals surface area contributed by atoms with Gasteiger partial charge in [0.15, 0.2) is 0 Å². The third-order valence-electron chi connectivity index (χ3n) is 4.15. The lowest BCUT2D eigenvalue weighted by Crippen LogP contribution is -2.30. The van der Waals surface area contributed by atoms with Crippen LogP contribution < -0.4 is 0 Å². The molecule has 0 heterocycles. The first-order chi connectivity index (χ1) is 10.6. The average molecular weight is 295 g/mol. The summed E-state index contributed by atoms with van der Waals surface area (Å²) in [7, 11) is 0. The van der Waals surface area contributed by atoms with Gasteiger partial charge in [0.2, 0.25) is 5.91 Å². The number of carbonyl (C=O) groups is 1. The van der Waals surface area contributed by atoms with E-state index in [0.717, 1.165) is 13.0 Å². The van der Waals surface area contributed by atoms with Crippen LogP contribution in [0.1, 0.15) is 35.6 Å². The van der Waals surface area contributed by atoms with Crippen LogP contribution in [0.25, 0.3) is 0 Å². The fourth-order valence-electron chi connectivity index (χ4n) is 2.55. The molecule has 2 aromatic carbocycles. The van der Waals surface area contributed by atoms with Crippen LogP contribution >= 0.6 is 0 Å². The lowest BCUT2D eigenvalue weighted by Gasteiger charge is -2.21. The maximum Gasteiger partial charge on any atom is 0.223 e.